The van der Waals surface area contributed by atoms with Crippen LogP contribution in [0.3, 0.4) is 0 Å². The summed E-state index contributed by atoms with van der Waals surface area (Å²) in [6, 6.07) is 2.27. The van der Waals surface area contributed by atoms with Gasteiger partial charge in [0, 0.05) is 0 Å². The summed E-state index contributed by atoms with van der Waals surface area (Å²) in [4.78, 5) is 33.3. The highest BCUT2D eigenvalue weighted by molar-refractivity contribution is 5.98. The number of nitrogen functional groups attached to an aromatic ring is 1. The summed E-state index contributed by atoms with van der Waals surface area (Å²) in [5.74, 6) is -2.58. The average Bonchev–Trinajstić information content (AvgIpc) is 2.31. The molecule has 1 aromatic rings. The van der Waals surface area contributed by atoms with Gasteiger partial charge in [-0.25, -0.2) is 14.0 Å². The van der Waals surface area contributed by atoms with Crippen LogP contribution in [-0.2, 0) is 9.53 Å². The number of hydrogen-bond acceptors (Lipinski definition) is 5. The van der Waals surface area contributed by atoms with E-state index in [0.29, 0.717) is 0 Å². The molecule has 0 spiro atoms. The highest BCUT2D eigenvalue weighted by atomic mass is 19.1. The van der Waals surface area contributed by atoms with Crippen molar-refractivity contribution in [3.05, 3.63) is 29.6 Å². The summed E-state index contributed by atoms with van der Waals surface area (Å²) in [5.41, 5.74) is 9.76. The number of carbonyl (C=O) groups is 3. The second-order valence-electron chi connectivity index (χ2n) is 3.64. The van der Waals surface area contributed by atoms with Crippen molar-refractivity contribution < 1.29 is 23.5 Å². The minimum atomic E-state index is -1.25. The zero-order valence-electron chi connectivity index (χ0n) is 9.98. The monoisotopic (exact) mass is 269 g/mol. The van der Waals surface area contributed by atoms with Gasteiger partial charge in [0.2, 0.25) is 0 Å². The summed E-state index contributed by atoms with van der Waals surface area (Å²) < 4.78 is 17.9. The molecule has 0 aliphatic carbocycles. The Bertz CT molecular complexity index is 533. The lowest BCUT2D eigenvalue weighted by atomic mass is 10.2. The van der Waals surface area contributed by atoms with Gasteiger partial charge in [0.15, 0.2) is 6.10 Å². The molecular weight excluding hydrogens is 257 g/mol. The van der Waals surface area contributed by atoms with Crippen molar-refractivity contribution in [2.75, 3.05) is 5.73 Å². The van der Waals surface area contributed by atoms with E-state index in [1.54, 1.807) is 5.32 Å². The number of nitrogens with one attached hydrogen (secondary N) is 1. The Morgan fingerprint density at radius 2 is 2.00 bits per heavy atom. The van der Waals surface area contributed by atoms with Gasteiger partial charge in [-0.05, 0) is 25.1 Å². The molecule has 0 aliphatic heterocycles. The van der Waals surface area contributed by atoms with Crippen molar-refractivity contribution in [1.29, 1.82) is 0 Å². The molecule has 0 bridgehead atoms. The minimum Gasteiger partial charge on any atom is -0.449 e. The van der Waals surface area contributed by atoms with Crippen LogP contribution in [0.1, 0.15) is 17.3 Å². The van der Waals surface area contributed by atoms with E-state index < -0.39 is 29.8 Å². The van der Waals surface area contributed by atoms with Crippen LogP contribution >= 0.6 is 0 Å². The molecule has 102 valence electrons. The molecule has 5 N–H and O–H groups in total. The molecule has 3 amide bonds. The lowest BCUT2D eigenvalue weighted by molar-refractivity contribution is -0.127. The Balaban J connectivity index is 2.71. The third-order valence-corrected chi connectivity index (χ3v) is 2.14. The maximum absolute atomic E-state index is 13.1. The van der Waals surface area contributed by atoms with Crippen LogP contribution < -0.4 is 16.8 Å². The number of anilines is 1. The van der Waals surface area contributed by atoms with E-state index in [-0.39, 0.29) is 11.3 Å². The Morgan fingerprint density at radius 1 is 1.37 bits per heavy atom. The Labute approximate surface area is 107 Å². The van der Waals surface area contributed by atoms with Gasteiger partial charge >= 0.3 is 12.0 Å². The molecule has 1 rings (SSSR count). The topological polar surface area (TPSA) is 125 Å². The summed E-state index contributed by atoms with van der Waals surface area (Å²) in [7, 11) is 0. The third-order valence-electron chi connectivity index (χ3n) is 2.14. The van der Waals surface area contributed by atoms with Gasteiger partial charge in [-0.1, -0.05) is 0 Å². The zero-order chi connectivity index (χ0) is 14.6. The Kier molecular flexibility index (Phi) is 4.41. The lowest BCUT2D eigenvalue weighted by Crippen LogP contribution is -2.42. The molecule has 0 heterocycles. The summed E-state index contributed by atoms with van der Waals surface area (Å²) in [6.07, 6.45) is -1.25. The SMILES string of the molecule is CC(OC(=O)c1ccc(N)c(F)c1)C(=O)NC(N)=O. The molecule has 0 saturated carbocycles. The maximum Gasteiger partial charge on any atom is 0.339 e. The summed E-state index contributed by atoms with van der Waals surface area (Å²) in [6.45, 7) is 1.24. The molecule has 0 radical (unpaired) electrons. The quantitative estimate of drug-likeness (QED) is 0.532. The van der Waals surface area contributed by atoms with E-state index in [9.17, 15) is 18.8 Å². The molecule has 7 nitrogen and oxygen atoms in total. The van der Waals surface area contributed by atoms with Crippen molar-refractivity contribution >= 4 is 23.6 Å². The molecule has 19 heavy (non-hydrogen) atoms. The standard InChI is InChI=1S/C11H12FN3O4/c1-5(9(16)15-11(14)18)19-10(17)6-2-3-8(13)7(12)4-6/h2-5H,13H2,1H3,(H3,14,15,16,18). The Hall–Kier alpha value is -2.64. The molecule has 1 aromatic carbocycles. The number of urea groups is 1. The number of esters is 1. The van der Waals surface area contributed by atoms with Gasteiger partial charge in [-0.2, -0.15) is 0 Å². The van der Waals surface area contributed by atoms with Crippen LogP contribution in [0.25, 0.3) is 0 Å². The number of ether oxygens (including phenoxy) is 1. The predicted molar refractivity (Wildman–Crippen MR) is 63.4 cm³/mol. The molecule has 0 aromatic heterocycles. The van der Waals surface area contributed by atoms with Crippen molar-refractivity contribution in [2.24, 2.45) is 5.73 Å². The lowest BCUT2D eigenvalue weighted by Gasteiger charge is -2.12. The van der Waals surface area contributed by atoms with Crippen LogP contribution in [0.2, 0.25) is 0 Å². The first-order chi connectivity index (χ1) is 8.81. The van der Waals surface area contributed by atoms with E-state index in [0.717, 1.165) is 6.07 Å². The average molecular weight is 269 g/mol. The molecule has 0 aliphatic rings. The van der Waals surface area contributed by atoms with Gasteiger partial charge in [0.25, 0.3) is 5.91 Å². The molecular formula is C11H12FN3O4. The van der Waals surface area contributed by atoms with E-state index >= 15 is 0 Å². The summed E-state index contributed by atoms with van der Waals surface area (Å²) >= 11 is 0. The number of carbonyl (C=O) groups excluding carboxylic acids is 3. The Morgan fingerprint density at radius 3 is 2.53 bits per heavy atom. The fourth-order valence-corrected chi connectivity index (χ4v) is 1.16. The molecule has 1 unspecified atom stereocenters. The van der Waals surface area contributed by atoms with Crippen molar-refractivity contribution in [2.45, 2.75) is 13.0 Å². The minimum absolute atomic E-state index is 0.106. The number of benzene rings is 1. The fourth-order valence-electron chi connectivity index (χ4n) is 1.16. The first kappa shape index (κ1) is 14.4. The molecule has 0 fully saturated rings. The van der Waals surface area contributed by atoms with Gasteiger partial charge in [-0.15, -0.1) is 0 Å². The van der Waals surface area contributed by atoms with Crippen molar-refractivity contribution in [3.63, 3.8) is 0 Å². The second-order valence-corrected chi connectivity index (χ2v) is 3.64. The van der Waals surface area contributed by atoms with Gasteiger partial charge in [0.05, 0.1) is 11.3 Å². The van der Waals surface area contributed by atoms with Gasteiger partial charge < -0.3 is 16.2 Å². The first-order valence-corrected chi connectivity index (χ1v) is 5.17. The second kappa shape index (κ2) is 5.80. The number of rotatable bonds is 3. The number of halogens is 1. The highest BCUT2D eigenvalue weighted by Gasteiger charge is 2.20. The van der Waals surface area contributed by atoms with Crippen LogP contribution in [0.5, 0.6) is 0 Å². The fraction of sp³-hybridized carbons (Fsp3) is 0.182. The smallest absolute Gasteiger partial charge is 0.339 e. The molecule has 0 saturated heterocycles. The van der Waals surface area contributed by atoms with Crippen molar-refractivity contribution in [3.8, 4) is 0 Å². The largest absolute Gasteiger partial charge is 0.449 e. The van der Waals surface area contributed by atoms with Crippen molar-refractivity contribution in [1.82, 2.24) is 5.32 Å². The van der Waals surface area contributed by atoms with Crippen LogP contribution in [-0.4, -0.2) is 24.0 Å². The molecule has 1 atom stereocenters. The summed E-state index contributed by atoms with van der Waals surface area (Å²) in [5, 5.41) is 1.75. The normalized spacial score (nSPS) is 11.5. The van der Waals surface area contributed by atoms with Gasteiger partial charge in [-0.3, -0.25) is 10.1 Å². The van der Waals surface area contributed by atoms with Crippen LogP contribution in [0.15, 0.2) is 18.2 Å². The maximum atomic E-state index is 13.1. The van der Waals surface area contributed by atoms with E-state index in [2.05, 4.69) is 0 Å². The van der Waals surface area contributed by atoms with Crippen LogP contribution in [0.4, 0.5) is 14.9 Å². The zero-order valence-corrected chi connectivity index (χ0v) is 9.98. The van der Waals surface area contributed by atoms with E-state index in [1.807, 2.05) is 0 Å². The van der Waals surface area contributed by atoms with E-state index in [1.165, 1.54) is 19.1 Å². The highest BCUT2D eigenvalue weighted by Crippen LogP contribution is 2.13. The first-order valence-electron chi connectivity index (χ1n) is 5.17. The third kappa shape index (κ3) is 3.95. The number of primary amides is 1. The predicted octanol–water partition coefficient (Wildman–Crippen LogP) is 0.148. The number of amides is 3. The molecule has 8 heteroatoms. The number of hydrogen-bond donors (Lipinski definition) is 3. The number of nitrogens with two attached hydrogens (primary N) is 2. The van der Waals surface area contributed by atoms with Gasteiger partial charge in [0.1, 0.15) is 5.82 Å². The van der Waals surface area contributed by atoms with E-state index in [4.69, 9.17) is 16.2 Å². The number of imide groups is 1. The van der Waals surface area contributed by atoms with Crippen LogP contribution in [0, 0.1) is 5.82 Å².